The summed E-state index contributed by atoms with van der Waals surface area (Å²) in [6.07, 6.45) is 1.98. The Balaban J connectivity index is 1.44. The topological polar surface area (TPSA) is 139 Å². The molecule has 2 heterocycles. The van der Waals surface area contributed by atoms with Gasteiger partial charge in [-0.15, -0.1) is 10.2 Å². The van der Waals surface area contributed by atoms with Gasteiger partial charge in [-0.2, -0.15) is 4.80 Å². The van der Waals surface area contributed by atoms with Crippen LogP contribution in [0.15, 0.2) is 60.7 Å². The third kappa shape index (κ3) is 8.18. The van der Waals surface area contributed by atoms with E-state index in [-0.39, 0.29) is 31.6 Å². The molecule has 0 saturated carbocycles. The predicted octanol–water partition coefficient (Wildman–Crippen LogP) is 3.62. The summed E-state index contributed by atoms with van der Waals surface area (Å²) < 4.78 is 41.3. The Bertz CT molecular complexity index is 1690. The minimum atomic E-state index is -1.09. The maximum absolute atomic E-state index is 14.2. The molecule has 0 spiro atoms. The van der Waals surface area contributed by atoms with Gasteiger partial charge in [0.25, 0.3) is 0 Å². The summed E-state index contributed by atoms with van der Waals surface area (Å²) in [5.41, 5.74) is 1.89. The van der Waals surface area contributed by atoms with Crippen LogP contribution in [0.3, 0.4) is 0 Å². The average Bonchev–Trinajstić information content (AvgIpc) is 3.82. The lowest BCUT2D eigenvalue weighted by molar-refractivity contribution is -0.141. The first-order valence-electron chi connectivity index (χ1n) is 15.5. The van der Waals surface area contributed by atoms with E-state index in [4.69, 9.17) is 23.7 Å². The Labute approximate surface area is 277 Å². The fourth-order valence-corrected chi connectivity index (χ4v) is 5.53. The molecule has 4 aromatic rings. The smallest absolute Gasteiger partial charge is 0.247 e. The first kappa shape index (κ1) is 34.1. The van der Waals surface area contributed by atoms with Crippen LogP contribution in [0.4, 0.5) is 4.39 Å². The minimum absolute atomic E-state index is 0.118. The van der Waals surface area contributed by atoms with Crippen LogP contribution in [0.1, 0.15) is 30.0 Å². The number of benzene rings is 3. The van der Waals surface area contributed by atoms with Gasteiger partial charge in [-0.3, -0.25) is 9.59 Å². The van der Waals surface area contributed by atoms with Crippen LogP contribution >= 0.6 is 0 Å². The Hall–Kier alpha value is -5.24. The number of ether oxygens (including phenoxy) is 5. The van der Waals surface area contributed by atoms with E-state index < -0.39 is 23.7 Å². The maximum atomic E-state index is 14.2. The standard InChI is InChI=1S/C34H39FN6O7/c1-44-27-13-7-22(18-29(27)46-3)15-16-40(32(23-8-11-25(35)12-9-23)34(43)36-20-26-6-5-17-48-26)31(42)21-41-38-33(37-39-41)24-10-14-28(45-2)30(19-24)47-4/h7-14,18-19,26,32H,5-6,15-17,20-21H2,1-4H3,(H,36,43). The fourth-order valence-electron chi connectivity index (χ4n) is 5.53. The SMILES string of the molecule is COc1ccc(CCN(C(=O)Cn2nnc(-c3ccc(OC)c(OC)c3)n2)C(C(=O)NCC2CCCO2)c2ccc(F)cc2)cc1OC. The van der Waals surface area contributed by atoms with Gasteiger partial charge in [0.15, 0.2) is 23.0 Å². The van der Waals surface area contributed by atoms with Crippen molar-refractivity contribution in [2.24, 2.45) is 0 Å². The molecule has 1 saturated heterocycles. The first-order valence-corrected chi connectivity index (χ1v) is 15.5. The zero-order valence-corrected chi connectivity index (χ0v) is 27.3. The number of methoxy groups -OCH3 is 4. The number of hydrogen-bond donors (Lipinski definition) is 1. The molecule has 0 radical (unpaired) electrons. The number of hydrogen-bond acceptors (Lipinski definition) is 10. The molecule has 2 unspecified atom stereocenters. The number of amides is 2. The van der Waals surface area contributed by atoms with Gasteiger partial charge in [0, 0.05) is 25.3 Å². The van der Waals surface area contributed by atoms with E-state index in [2.05, 4.69) is 20.7 Å². The van der Waals surface area contributed by atoms with E-state index in [0.29, 0.717) is 47.2 Å². The molecule has 3 aromatic carbocycles. The molecule has 0 aliphatic carbocycles. The summed E-state index contributed by atoms with van der Waals surface area (Å²) in [7, 11) is 6.16. The van der Waals surface area contributed by atoms with E-state index in [0.717, 1.165) is 18.4 Å². The lowest BCUT2D eigenvalue weighted by atomic mass is 10.0. The molecule has 5 rings (SSSR count). The molecule has 1 aliphatic heterocycles. The highest BCUT2D eigenvalue weighted by molar-refractivity contribution is 5.88. The van der Waals surface area contributed by atoms with Crippen LogP contribution < -0.4 is 24.3 Å². The quantitative estimate of drug-likeness (QED) is 0.201. The number of aromatic nitrogens is 4. The highest BCUT2D eigenvalue weighted by Gasteiger charge is 2.33. The van der Waals surface area contributed by atoms with Crippen LogP contribution in [-0.2, 0) is 27.3 Å². The van der Waals surface area contributed by atoms with Crippen molar-refractivity contribution >= 4 is 11.8 Å². The number of nitrogens with zero attached hydrogens (tertiary/aromatic N) is 5. The van der Waals surface area contributed by atoms with Crippen molar-refractivity contribution < 1.29 is 37.7 Å². The summed E-state index contributed by atoms with van der Waals surface area (Å²) in [6, 6.07) is 15.1. The number of carbonyl (C=O) groups excluding carboxylic acids is 2. The summed E-state index contributed by atoms with van der Waals surface area (Å²) in [5, 5.41) is 15.6. The van der Waals surface area contributed by atoms with E-state index >= 15 is 0 Å². The molecular formula is C34H39FN6O7. The van der Waals surface area contributed by atoms with Gasteiger partial charge in [-0.05, 0) is 78.1 Å². The molecule has 1 fully saturated rings. The normalized spacial score (nSPS) is 14.6. The molecule has 14 heteroatoms. The minimum Gasteiger partial charge on any atom is -0.493 e. The second kappa shape index (κ2) is 16.0. The van der Waals surface area contributed by atoms with E-state index in [9.17, 15) is 14.0 Å². The number of rotatable bonds is 15. The lowest BCUT2D eigenvalue weighted by Gasteiger charge is -2.32. The van der Waals surface area contributed by atoms with Gasteiger partial charge in [0.1, 0.15) is 18.4 Å². The van der Waals surface area contributed by atoms with Gasteiger partial charge < -0.3 is 33.9 Å². The lowest BCUT2D eigenvalue weighted by Crippen LogP contribution is -2.47. The van der Waals surface area contributed by atoms with E-state index in [1.165, 1.54) is 48.2 Å². The van der Waals surface area contributed by atoms with Gasteiger partial charge in [-0.1, -0.05) is 18.2 Å². The van der Waals surface area contributed by atoms with Crippen molar-refractivity contribution in [3.8, 4) is 34.4 Å². The van der Waals surface area contributed by atoms with Crippen molar-refractivity contribution in [1.29, 1.82) is 0 Å². The van der Waals surface area contributed by atoms with Crippen LogP contribution in [0.5, 0.6) is 23.0 Å². The Morgan fingerprint density at radius 2 is 1.65 bits per heavy atom. The second-order valence-corrected chi connectivity index (χ2v) is 11.1. The molecule has 1 aliphatic rings. The maximum Gasteiger partial charge on any atom is 0.247 e. The first-order chi connectivity index (χ1) is 23.3. The number of nitrogens with one attached hydrogen (secondary N) is 1. The third-order valence-electron chi connectivity index (χ3n) is 8.05. The van der Waals surface area contributed by atoms with Crippen molar-refractivity contribution in [1.82, 2.24) is 30.4 Å². The molecule has 1 N–H and O–H groups in total. The molecule has 2 amide bonds. The second-order valence-electron chi connectivity index (χ2n) is 11.1. The number of carbonyl (C=O) groups is 2. The van der Waals surface area contributed by atoms with Crippen LogP contribution in [0, 0.1) is 5.82 Å². The Kier molecular flexibility index (Phi) is 11.4. The van der Waals surface area contributed by atoms with Crippen LogP contribution in [0.25, 0.3) is 11.4 Å². The van der Waals surface area contributed by atoms with Crippen molar-refractivity contribution in [2.75, 3.05) is 48.1 Å². The van der Waals surface area contributed by atoms with Crippen molar-refractivity contribution in [3.63, 3.8) is 0 Å². The summed E-state index contributed by atoms with van der Waals surface area (Å²) in [4.78, 5) is 30.7. The Morgan fingerprint density at radius 3 is 2.31 bits per heavy atom. The van der Waals surface area contributed by atoms with Gasteiger partial charge in [0.2, 0.25) is 17.6 Å². The van der Waals surface area contributed by atoms with Crippen LogP contribution in [0.2, 0.25) is 0 Å². The van der Waals surface area contributed by atoms with Crippen molar-refractivity contribution in [2.45, 2.75) is 38.0 Å². The molecule has 2 atom stereocenters. The largest absolute Gasteiger partial charge is 0.493 e. The van der Waals surface area contributed by atoms with E-state index in [1.807, 2.05) is 12.1 Å². The molecule has 13 nitrogen and oxygen atoms in total. The fraction of sp³-hybridized carbons (Fsp3) is 0.382. The average molecular weight is 663 g/mol. The van der Waals surface area contributed by atoms with Gasteiger partial charge in [0.05, 0.1) is 34.5 Å². The summed E-state index contributed by atoms with van der Waals surface area (Å²) >= 11 is 0. The molecular weight excluding hydrogens is 623 g/mol. The molecule has 0 bridgehead atoms. The predicted molar refractivity (Wildman–Crippen MR) is 172 cm³/mol. The van der Waals surface area contributed by atoms with Crippen LogP contribution in [-0.4, -0.2) is 91.2 Å². The zero-order valence-electron chi connectivity index (χ0n) is 27.3. The highest BCUT2D eigenvalue weighted by atomic mass is 19.1. The van der Waals surface area contributed by atoms with Gasteiger partial charge in [-0.25, -0.2) is 4.39 Å². The summed E-state index contributed by atoms with van der Waals surface area (Å²) in [5.74, 6) is 1.06. The zero-order chi connectivity index (χ0) is 34.0. The Morgan fingerprint density at radius 1 is 0.958 bits per heavy atom. The van der Waals surface area contributed by atoms with E-state index in [1.54, 1.807) is 38.5 Å². The van der Waals surface area contributed by atoms with Crippen molar-refractivity contribution in [3.05, 3.63) is 77.6 Å². The molecule has 254 valence electrons. The third-order valence-corrected chi connectivity index (χ3v) is 8.05. The molecule has 48 heavy (non-hydrogen) atoms. The monoisotopic (exact) mass is 662 g/mol. The number of halogens is 1. The highest BCUT2D eigenvalue weighted by Crippen LogP contribution is 2.31. The molecule has 1 aromatic heterocycles. The number of tetrazole rings is 1. The summed E-state index contributed by atoms with van der Waals surface area (Å²) in [6.45, 7) is 0.728. The van der Waals surface area contributed by atoms with Gasteiger partial charge >= 0.3 is 0 Å².